The fourth-order valence-corrected chi connectivity index (χ4v) is 4.21. The number of sulfonamides is 1. The third kappa shape index (κ3) is 2.42. The van der Waals surface area contributed by atoms with Crippen molar-refractivity contribution in [1.29, 1.82) is 0 Å². The van der Waals surface area contributed by atoms with Crippen LogP contribution in [0.25, 0.3) is 21.9 Å². The standard InChI is InChI=1S/C15H14F3N5O2S/c16-15(17,18)26(24,25)22-6-3-7-23-11(8-22)21-12-13(23)9-4-1-2-5-10(9)20-14(12)19/h1-2,4-5H,3,6-8H2,(H2,19,20). The smallest absolute Gasteiger partial charge is 0.382 e. The summed E-state index contributed by atoms with van der Waals surface area (Å²) < 4.78 is 64.5. The number of para-hydroxylation sites is 1. The summed E-state index contributed by atoms with van der Waals surface area (Å²) in [4.78, 5) is 8.58. The SMILES string of the molecule is Nc1nc2ccccc2c2c1nc1n2CCCN(S(=O)(=O)C(F)(F)F)C1. The van der Waals surface area contributed by atoms with Gasteiger partial charge in [0.15, 0.2) is 5.82 Å². The fourth-order valence-electron chi connectivity index (χ4n) is 3.26. The Hall–Kier alpha value is -2.40. The van der Waals surface area contributed by atoms with Crippen LogP contribution in [-0.2, 0) is 23.1 Å². The first-order valence-corrected chi connectivity index (χ1v) is 9.24. The van der Waals surface area contributed by atoms with E-state index in [4.69, 9.17) is 5.73 Å². The van der Waals surface area contributed by atoms with E-state index in [1.54, 1.807) is 16.7 Å². The second-order valence-corrected chi connectivity index (χ2v) is 7.96. The summed E-state index contributed by atoms with van der Waals surface area (Å²) >= 11 is 0. The van der Waals surface area contributed by atoms with E-state index in [2.05, 4.69) is 9.97 Å². The number of nitrogens with zero attached hydrogens (tertiary/aromatic N) is 4. The molecule has 0 fully saturated rings. The normalized spacial score (nSPS) is 16.7. The van der Waals surface area contributed by atoms with Crippen LogP contribution < -0.4 is 5.73 Å². The van der Waals surface area contributed by atoms with Gasteiger partial charge in [0, 0.05) is 18.5 Å². The van der Waals surface area contributed by atoms with Crippen molar-refractivity contribution in [2.75, 3.05) is 12.3 Å². The molecule has 0 spiro atoms. The topological polar surface area (TPSA) is 94.1 Å². The van der Waals surface area contributed by atoms with E-state index in [0.29, 0.717) is 27.4 Å². The molecule has 3 aromatic rings. The van der Waals surface area contributed by atoms with Crippen molar-refractivity contribution in [3.8, 4) is 0 Å². The molecule has 0 radical (unpaired) electrons. The maximum absolute atomic E-state index is 12.9. The molecule has 7 nitrogen and oxygen atoms in total. The Morgan fingerprint density at radius 1 is 1.12 bits per heavy atom. The Morgan fingerprint density at radius 3 is 2.58 bits per heavy atom. The van der Waals surface area contributed by atoms with Crippen LogP contribution in [0.4, 0.5) is 19.0 Å². The Bertz CT molecular complexity index is 1120. The summed E-state index contributed by atoms with van der Waals surface area (Å²) in [7, 11) is -5.42. The summed E-state index contributed by atoms with van der Waals surface area (Å²) in [5.74, 6) is 0.375. The molecule has 11 heteroatoms. The number of aryl methyl sites for hydroxylation is 1. The molecule has 0 unspecified atom stereocenters. The molecular weight excluding hydrogens is 371 g/mol. The Balaban J connectivity index is 1.92. The van der Waals surface area contributed by atoms with Crippen LogP contribution in [0, 0.1) is 0 Å². The largest absolute Gasteiger partial charge is 0.511 e. The number of fused-ring (bicyclic) bond motifs is 5. The van der Waals surface area contributed by atoms with E-state index in [9.17, 15) is 21.6 Å². The number of aromatic nitrogens is 3. The van der Waals surface area contributed by atoms with Gasteiger partial charge in [-0.05, 0) is 12.5 Å². The fraction of sp³-hybridized carbons (Fsp3) is 0.333. The minimum Gasteiger partial charge on any atom is -0.382 e. The van der Waals surface area contributed by atoms with Crippen LogP contribution in [-0.4, -0.2) is 39.3 Å². The van der Waals surface area contributed by atoms with E-state index in [1.807, 2.05) is 12.1 Å². The molecule has 0 bridgehead atoms. The predicted molar refractivity (Wildman–Crippen MR) is 89.4 cm³/mol. The number of hydrogen-bond donors (Lipinski definition) is 1. The number of pyridine rings is 1. The predicted octanol–water partition coefficient (Wildman–Crippen LogP) is 2.22. The van der Waals surface area contributed by atoms with Crippen molar-refractivity contribution in [3.63, 3.8) is 0 Å². The van der Waals surface area contributed by atoms with Gasteiger partial charge in [-0.15, -0.1) is 0 Å². The summed E-state index contributed by atoms with van der Waals surface area (Å²) in [6.45, 7) is -0.362. The molecule has 26 heavy (non-hydrogen) atoms. The van der Waals surface area contributed by atoms with Gasteiger partial charge in [-0.1, -0.05) is 18.2 Å². The van der Waals surface area contributed by atoms with E-state index in [1.165, 1.54) is 0 Å². The zero-order chi connectivity index (χ0) is 18.7. The lowest BCUT2D eigenvalue weighted by atomic mass is 10.2. The highest BCUT2D eigenvalue weighted by Gasteiger charge is 2.50. The second kappa shape index (κ2) is 5.55. The van der Waals surface area contributed by atoms with Gasteiger partial charge in [-0.2, -0.15) is 17.5 Å². The highest BCUT2D eigenvalue weighted by molar-refractivity contribution is 7.89. The minimum absolute atomic E-state index is 0.157. The maximum Gasteiger partial charge on any atom is 0.511 e. The van der Waals surface area contributed by atoms with Gasteiger partial charge < -0.3 is 10.3 Å². The first kappa shape index (κ1) is 17.0. The molecule has 1 aliphatic heterocycles. The minimum atomic E-state index is -5.42. The lowest BCUT2D eigenvalue weighted by molar-refractivity contribution is -0.0491. The summed E-state index contributed by atoms with van der Waals surface area (Å²) in [6.07, 6.45) is 0.227. The van der Waals surface area contributed by atoms with Crippen molar-refractivity contribution in [1.82, 2.24) is 18.8 Å². The highest BCUT2D eigenvalue weighted by Crippen LogP contribution is 2.33. The average molecular weight is 385 g/mol. The lowest BCUT2D eigenvalue weighted by Crippen LogP contribution is -2.40. The number of nitrogens with two attached hydrogens (primary N) is 1. The quantitative estimate of drug-likeness (QED) is 0.693. The number of anilines is 1. The number of benzene rings is 1. The Kier molecular flexibility index (Phi) is 3.63. The molecule has 1 aromatic carbocycles. The highest BCUT2D eigenvalue weighted by atomic mass is 32.2. The number of alkyl halides is 3. The van der Waals surface area contributed by atoms with Gasteiger partial charge in [0.2, 0.25) is 0 Å². The van der Waals surface area contributed by atoms with Crippen molar-refractivity contribution in [3.05, 3.63) is 30.1 Å². The summed E-state index contributed by atoms with van der Waals surface area (Å²) in [6, 6.07) is 7.23. The average Bonchev–Trinajstić information content (AvgIpc) is 2.79. The van der Waals surface area contributed by atoms with Crippen LogP contribution in [0.5, 0.6) is 0 Å². The van der Waals surface area contributed by atoms with Gasteiger partial charge in [-0.3, -0.25) is 0 Å². The molecule has 0 atom stereocenters. The molecule has 4 rings (SSSR count). The monoisotopic (exact) mass is 385 g/mol. The molecule has 3 heterocycles. The zero-order valence-electron chi connectivity index (χ0n) is 13.4. The van der Waals surface area contributed by atoms with Crippen molar-refractivity contribution >= 4 is 37.8 Å². The van der Waals surface area contributed by atoms with Crippen molar-refractivity contribution < 1.29 is 21.6 Å². The molecular formula is C15H14F3N5O2S. The van der Waals surface area contributed by atoms with Crippen LogP contribution in [0.3, 0.4) is 0 Å². The van der Waals surface area contributed by atoms with Gasteiger partial charge in [-0.25, -0.2) is 18.4 Å². The first-order chi connectivity index (χ1) is 12.2. The van der Waals surface area contributed by atoms with Crippen molar-refractivity contribution in [2.24, 2.45) is 0 Å². The summed E-state index contributed by atoms with van der Waals surface area (Å²) in [5.41, 5.74) is 2.29. The Labute approximate surface area is 146 Å². The van der Waals surface area contributed by atoms with Crippen LogP contribution in [0.2, 0.25) is 0 Å². The second-order valence-electron chi connectivity index (χ2n) is 6.03. The molecule has 2 aromatic heterocycles. The lowest BCUT2D eigenvalue weighted by Gasteiger charge is -2.20. The molecule has 2 N–H and O–H groups in total. The molecule has 0 aliphatic carbocycles. The third-order valence-electron chi connectivity index (χ3n) is 4.43. The van der Waals surface area contributed by atoms with Crippen LogP contribution >= 0.6 is 0 Å². The van der Waals surface area contributed by atoms with Gasteiger partial charge >= 0.3 is 15.5 Å². The number of imidazole rings is 1. The van der Waals surface area contributed by atoms with Crippen molar-refractivity contribution in [2.45, 2.75) is 25.0 Å². The van der Waals surface area contributed by atoms with E-state index >= 15 is 0 Å². The molecule has 138 valence electrons. The Morgan fingerprint density at radius 2 is 1.85 bits per heavy atom. The molecule has 1 aliphatic rings. The van der Waals surface area contributed by atoms with E-state index in [0.717, 1.165) is 5.39 Å². The first-order valence-electron chi connectivity index (χ1n) is 7.80. The van der Waals surface area contributed by atoms with Crippen LogP contribution in [0.15, 0.2) is 24.3 Å². The van der Waals surface area contributed by atoms with E-state index < -0.39 is 22.1 Å². The number of rotatable bonds is 1. The van der Waals surface area contributed by atoms with Crippen LogP contribution in [0.1, 0.15) is 12.2 Å². The van der Waals surface area contributed by atoms with Gasteiger partial charge in [0.1, 0.15) is 11.3 Å². The van der Waals surface area contributed by atoms with Gasteiger partial charge in [0.25, 0.3) is 0 Å². The van der Waals surface area contributed by atoms with Gasteiger partial charge in [0.05, 0.1) is 17.6 Å². The summed E-state index contributed by atoms with van der Waals surface area (Å²) in [5, 5.41) is 0.766. The van der Waals surface area contributed by atoms with E-state index in [-0.39, 0.29) is 24.6 Å². The third-order valence-corrected chi connectivity index (χ3v) is 6.01. The molecule has 0 saturated heterocycles. The molecule has 0 amide bonds. The number of hydrogen-bond acceptors (Lipinski definition) is 5. The zero-order valence-corrected chi connectivity index (χ0v) is 14.2. The number of nitrogen functional groups attached to an aromatic ring is 1. The molecule has 0 saturated carbocycles. The number of halogens is 3. The maximum atomic E-state index is 12.9.